The van der Waals surface area contributed by atoms with Crippen LogP contribution in [-0.2, 0) is 0 Å². The second-order valence-electron chi connectivity index (χ2n) is 5.79. The summed E-state index contributed by atoms with van der Waals surface area (Å²) in [6.45, 7) is 11.6. The Morgan fingerprint density at radius 3 is 2.21 bits per heavy atom. The average Bonchev–Trinajstić information content (AvgIpc) is 2.46. The lowest BCUT2D eigenvalue weighted by Gasteiger charge is -2.33. The number of nitrogens with one attached hydrogen (secondary N) is 1. The van der Waals surface area contributed by atoms with E-state index in [4.69, 9.17) is 0 Å². The summed E-state index contributed by atoms with van der Waals surface area (Å²) in [4.78, 5) is 2.61. The quantitative estimate of drug-likeness (QED) is 0.573. The molecule has 0 aromatic rings. The largest absolute Gasteiger partial charge is 0.394 e. The summed E-state index contributed by atoms with van der Waals surface area (Å²) in [6.07, 6.45) is 6.96. The van der Waals surface area contributed by atoms with Gasteiger partial charge in [-0.3, -0.25) is 0 Å². The molecule has 0 aliphatic carbocycles. The third-order valence-corrected chi connectivity index (χ3v) is 4.62. The highest BCUT2D eigenvalue weighted by atomic mass is 16.3. The molecular weight excluding hydrogens is 236 g/mol. The Morgan fingerprint density at radius 1 is 1.16 bits per heavy atom. The maximum absolute atomic E-state index is 9.56. The first-order chi connectivity index (χ1) is 9.09. The molecule has 0 bridgehead atoms. The van der Waals surface area contributed by atoms with E-state index < -0.39 is 0 Å². The monoisotopic (exact) mass is 272 g/mol. The molecule has 0 amide bonds. The van der Waals surface area contributed by atoms with E-state index in [-0.39, 0.29) is 12.1 Å². The van der Waals surface area contributed by atoms with Crippen molar-refractivity contribution in [2.45, 2.75) is 77.8 Å². The first-order valence-corrected chi connectivity index (χ1v) is 8.12. The lowest BCUT2D eigenvalue weighted by atomic mass is 9.91. The lowest BCUT2D eigenvalue weighted by molar-refractivity contribution is 0.138. The number of hydrogen-bond donors (Lipinski definition) is 2. The van der Waals surface area contributed by atoms with Gasteiger partial charge in [0.05, 0.1) is 6.61 Å². The van der Waals surface area contributed by atoms with Gasteiger partial charge in [-0.15, -0.1) is 0 Å². The van der Waals surface area contributed by atoms with E-state index in [1.807, 2.05) is 7.05 Å². The van der Waals surface area contributed by atoms with Crippen LogP contribution in [0.2, 0.25) is 0 Å². The molecule has 3 heteroatoms. The van der Waals surface area contributed by atoms with Crippen LogP contribution < -0.4 is 5.32 Å². The van der Waals surface area contributed by atoms with Gasteiger partial charge in [0.15, 0.2) is 0 Å². The molecule has 116 valence electrons. The van der Waals surface area contributed by atoms with Crippen LogP contribution in [0.1, 0.15) is 66.2 Å². The summed E-state index contributed by atoms with van der Waals surface area (Å²) < 4.78 is 0. The fourth-order valence-corrected chi connectivity index (χ4v) is 2.54. The van der Waals surface area contributed by atoms with Gasteiger partial charge in [0, 0.05) is 11.6 Å². The molecule has 0 saturated carbocycles. The van der Waals surface area contributed by atoms with Gasteiger partial charge >= 0.3 is 0 Å². The van der Waals surface area contributed by atoms with Crippen molar-refractivity contribution in [3.63, 3.8) is 0 Å². The molecule has 0 aromatic carbocycles. The van der Waals surface area contributed by atoms with Crippen molar-refractivity contribution < 1.29 is 5.11 Å². The predicted octanol–water partition coefficient (Wildman–Crippen LogP) is 3.03. The molecular formula is C16H36N2O. The van der Waals surface area contributed by atoms with Crippen LogP contribution in [0.25, 0.3) is 0 Å². The van der Waals surface area contributed by atoms with Gasteiger partial charge in [-0.05, 0) is 59.2 Å². The summed E-state index contributed by atoms with van der Waals surface area (Å²) in [5.74, 6) is 0. The Labute approximate surface area is 120 Å². The molecule has 0 saturated heterocycles. The number of aliphatic hydroxyl groups excluding tert-OH is 1. The van der Waals surface area contributed by atoms with E-state index >= 15 is 0 Å². The van der Waals surface area contributed by atoms with Gasteiger partial charge in [-0.2, -0.15) is 0 Å². The Kier molecular flexibility index (Phi) is 10.6. The van der Waals surface area contributed by atoms with Crippen molar-refractivity contribution in [3.05, 3.63) is 0 Å². The van der Waals surface area contributed by atoms with E-state index in [9.17, 15) is 5.11 Å². The first kappa shape index (κ1) is 18.9. The zero-order valence-corrected chi connectivity index (χ0v) is 13.8. The van der Waals surface area contributed by atoms with Gasteiger partial charge < -0.3 is 15.3 Å². The number of unbranched alkanes of at least 4 members (excludes halogenated alkanes) is 1. The fourth-order valence-electron chi connectivity index (χ4n) is 2.54. The highest BCUT2D eigenvalue weighted by Crippen LogP contribution is 2.17. The van der Waals surface area contributed by atoms with Gasteiger partial charge in [0.1, 0.15) is 0 Å². The fraction of sp³-hybridized carbons (Fsp3) is 1.00. The second kappa shape index (κ2) is 10.6. The molecule has 0 radical (unpaired) electrons. The minimum atomic E-state index is -0.0775. The minimum Gasteiger partial charge on any atom is -0.394 e. The molecule has 0 rings (SSSR count). The van der Waals surface area contributed by atoms with E-state index in [0.29, 0.717) is 6.04 Å². The minimum absolute atomic E-state index is 0.0775. The third kappa shape index (κ3) is 6.73. The smallest absolute Gasteiger partial charge is 0.0613 e. The van der Waals surface area contributed by atoms with Crippen LogP contribution >= 0.6 is 0 Å². The molecule has 19 heavy (non-hydrogen) atoms. The highest BCUT2D eigenvalue weighted by Gasteiger charge is 2.24. The molecule has 0 fully saturated rings. The normalized spacial score (nSPS) is 16.6. The summed E-state index contributed by atoms with van der Waals surface area (Å²) in [6, 6.07) is 0.672. The molecule has 0 aliphatic heterocycles. The first-order valence-electron chi connectivity index (χ1n) is 8.12. The maximum Gasteiger partial charge on any atom is 0.0613 e. The molecule has 0 heterocycles. The van der Waals surface area contributed by atoms with E-state index in [1.54, 1.807) is 0 Å². The molecule has 2 unspecified atom stereocenters. The van der Waals surface area contributed by atoms with Gasteiger partial charge in [0.25, 0.3) is 0 Å². The van der Waals surface area contributed by atoms with Crippen LogP contribution in [-0.4, -0.2) is 48.3 Å². The Morgan fingerprint density at radius 2 is 1.79 bits per heavy atom. The standard InChI is InChI=1S/C16H36N2O/c1-6-9-12-18(15(4)7-2)13-10-11-16(8-3,14-19)17-5/h15,17,19H,6-14H2,1-5H3. The highest BCUT2D eigenvalue weighted by molar-refractivity contribution is 4.85. The summed E-state index contributed by atoms with van der Waals surface area (Å²) >= 11 is 0. The Balaban J connectivity index is 4.23. The van der Waals surface area contributed by atoms with E-state index in [1.165, 1.54) is 25.8 Å². The zero-order valence-electron chi connectivity index (χ0n) is 13.8. The van der Waals surface area contributed by atoms with Crippen LogP contribution in [0.15, 0.2) is 0 Å². The Bertz CT molecular complexity index is 197. The molecule has 3 nitrogen and oxygen atoms in total. The van der Waals surface area contributed by atoms with E-state index in [0.717, 1.165) is 25.8 Å². The van der Waals surface area contributed by atoms with Gasteiger partial charge in [0.2, 0.25) is 0 Å². The lowest BCUT2D eigenvalue weighted by Crippen LogP contribution is -2.46. The van der Waals surface area contributed by atoms with Crippen LogP contribution in [0.4, 0.5) is 0 Å². The number of likely N-dealkylation sites (N-methyl/N-ethyl adjacent to an activating group) is 1. The van der Waals surface area contributed by atoms with Crippen molar-refractivity contribution in [3.8, 4) is 0 Å². The van der Waals surface area contributed by atoms with Crippen LogP contribution in [0, 0.1) is 0 Å². The molecule has 0 aromatic heterocycles. The molecule has 0 spiro atoms. The third-order valence-electron chi connectivity index (χ3n) is 4.62. The number of aliphatic hydroxyl groups is 1. The summed E-state index contributed by atoms with van der Waals surface area (Å²) in [7, 11) is 1.96. The average molecular weight is 272 g/mol. The topological polar surface area (TPSA) is 35.5 Å². The molecule has 2 N–H and O–H groups in total. The summed E-state index contributed by atoms with van der Waals surface area (Å²) in [5.41, 5.74) is -0.0775. The number of nitrogens with zero attached hydrogens (tertiary/aromatic N) is 1. The zero-order chi connectivity index (χ0) is 14.7. The summed E-state index contributed by atoms with van der Waals surface area (Å²) in [5, 5.41) is 12.9. The Hall–Kier alpha value is -0.120. The predicted molar refractivity (Wildman–Crippen MR) is 84.6 cm³/mol. The van der Waals surface area contributed by atoms with Crippen molar-refractivity contribution in [2.75, 3.05) is 26.7 Å². The maximum atomic E-state index is 9.56. The number of hydrogen-bond acceptors (Lipinski definition) is 3. The van der Waals surface area contributed by atoms with Gasteiger partial charge in [-0.25, -0.2) is 0 Å². The second-order valence-corrected chi connectivity index (χ2v) is 5.79. The van der Waals surface area contributed by atoms with E-state index in [2.05, 4.69) is 37.9 Å². The SMILES string of the molecule is CCCCN(CCCC(CC)(CO)NC)C(C)CC. The van der Waals surface area contributed by atoms with Crippen molar-refractivity contribution in [1.29, 1.82) is 0 Å². The van der Waals surface area contributed by atoms with Crippen LogP contribution in [0.5, 0.6) is 0 Å². The van der Waals surface area contributed by atoms with Gasteiger partial charge in [-0.1, -0.05) is 27.2 Å². The van der Waals surface area contributed by atoms with Crippen molar-refractivity contribution >= 4 is 0 Å². The van der Waals surface area contributed by atoms with Crippen molar-refractivity contribution in [2.24, 2.45) is 0 Å². The van der Waals surface area contributed by atoms with Crippen molar-refractivity contribution in [1.82, 2.24) is 10.2 Å². The molecule has 0 aliphatic rings. The van der Waals surface area contributed by atoms with Crippen LogP contribution in [0.3, 0.4) is 0 Å². The number of rotatable bonds is 12. The molecule has 2 atom stereocenters.